The lowest BCUT2D eigenvalue weighted by Gasteiger charge is -2.11. The Balaban J connectivity index is 1.22. The minimum absolute atomic E-state index is 0.666. The van der Waals surface area contributed by atoms with Gasteiger partial charge in [0.1, 0.15) is 11.5 Å². The maximum absolute atomic E-state index is 8.04. The monoisotopic (exact) mass is 576 g/mol. The van der Waals surface area contributed by atoms with Crippen LogP contribution in [0.25, 0.3) is 55.5 Å². The molecule has 3 heterocycles. The van der Waals surface area contributed by atoms with Crippen LogP contribution in [0.15, 0.2) is 150 Å². The third-order valence-electron chi connectivity index (χ3n) is 8.04. The molecule has 43 heavy (non-hydrogen) atoms. The van der Waals surface area contributed by atoms with Crippen molar-refractivity contribution in [2.24, 2.45) is 6.98 Å². The number of pyridine rings is 1. The summed E-state index contributed by atoms with van der Waals surface area (Å²) in [5.74, 6) is 0.873. The van der Waals surface area contributed by atoms with Crippen molar-refractivity contribution < 1.29 is 4.11 Å². The average molecular weight is 577 g/mol. The topological polar surface area (TPSA) is 27.7 Å². The summed E-state index contributed by atoms with van der Waals surface area (Å²) in [6.07, 6.45) is 3.56. The second kappa shape index (κ2) is 10.3. The standard InChI is InChI=1S/C38H29N4S/c1-26-10-3-4-13-31(26)27-20-21-39-38(22-27)42-34-15-6-5-14-32(34)33-19-18-30(24-37(33)42)43-29-12-9-11-28(23-29)41-25-40(2)35-16-7-8-17-36(35)41/h3-25H,1-2H3/q+1/i2D3. The van der Waals surface area contributed by atoms with Gasteiger partial charge in [-0.3, -0.25) is 4.57 Å². The van der Waals surface area contributed by atoms with Crippen molar-refractivity contribution >= 4 is 44.6 Å². The molecule has 206 valence electrons. The maximum Gasteiger partial charge on any atom is 0.191 e. The second-order valence-electron chi connectivity index (χ2n) is 10.7. The summed E-state index contributed by atoms with van der Waals surface area (Å²) in [6, 6.07) is 43.6. The summed E-state index contributed by atoms with van der Waals surface area (Å²) in [5, 5.41) is 2.35. The van der Waals surface area contributed by atoms with Crippen LogP contribution in [0.4, 0.5) is 0 Å². The zero-order valence-corrected chi connectivity index (χ0v) is 24.3. The lowest BCUT2D eigenvalue weighted by Crippen LogP contribution is -1.98. The number of aryl methyl sites for hydroxylation is 2. The predicted molar refractivity (Wildman–Crippen MR) is 180 cm³/mol. The van der Waals surface area contributed by atoms with Crippen LogP contribution in [0.1, 0.15) is 9.68 Å². The summed E-state index contributed by atoms with van der Waals surface area (Å²) < 4.78 is 29.7. The van der Waals surface area contributed by atoms with Crippen molar-refractivity contribution in [3.05, 3.63) is 145 Å². The van der Waals surface area contributed by atoms with Gasteiger partial charge in [-0.25, -0.2) is 9.55 Å². The smallest absolute Gasteiger partial charge is 0.191 e. The summed E-state index contributed by atoms with van der Waals surface area (Å²) >= 11 is 1.68. The minimum atomic E-state index is -2.28. The number of hydrogen-bond acceptors (Lipinski definition) is 2. The fraction of sp³-hybridized carbons (Fsp3) is 0.0526. The summed E-state index contributed by atoms with van der Waals surface area (Å²) in [7, 11) is 0. The number of rotatable bonds is 5. The van der Waals surface area contributed by atoms with E-state index in [4.69, 9.17) is 9.10 Å². The second-order valence-corrected chi connectivity index (χ2v) is 11.8. The van der Waals surface area contributed by atoms with E-state index in [1.807, 2.05) is 47.2 Å². The summed E-state index contributed by atoms with van der Waals surface area (Å²) in [5.41, 5.74) is 8.16. The first kappa shape index (κ1) is 22.5. The zero-order chi connectivity index (χ0) is 31.4. The molecular weight excluding hydrogens is 545 g/mol. The Bertz CT molecular complexity index is 2420. The first-order chi connectivity index (χ1) is 22.3. The van der Waals surface area contributed by atoms with Crippen LogP contribution >= 0.6 is 11.8 Å². The molecule has 0 saturated heterocycles. The van der Waals surface area contributed by atoms with E-state index in [2.05, 4.69) is 102 Å². The Kier molecular flexibility index (Phi) is 5.38. The normalized spacial score (nSPS) is 12.9. The fourth-order valence-corrected chi connectivity index (χ4v) is 6.92. The highest BCUT2D eigenvalue weighted by Gasteiger charge is 2.17. The minimum Gasteiger partial charge on any atom is -0.294 e. The average Bonchev–Trinajstić information content (AvgIpc) is 3.62. The summed E-state index contributed by atoms with van der Waals surface area (Å²) in [6.45, 7) is -0.141. The van der Waals surface area contributed by atoms with Gasteiger partial charge in [0, 0.05) is 62.1 Å². The van der Waals surface area contributed by atoms with Crippen LogP contribution in [0.2, 0.25) is 0 Å². The molecule has 5 heteroatoms. The van der Waals surface area contributed by atoms with E-state index < -0.39 is 6.98 Å². The molecule has 0 spiro atoms. The molecule has 8 aromatic rings. The van der Waals surface area contributed by atoms with E-state index in [-0.39, 0.29) is 0 Å². The third-order valence-corrected chi connectivity index (χ3v) is 9.02. The predicted octanol–water partition coefficient (Wildman–Crippen LogP) is 9.87. The lowest BCUT2D eigenvalue weighted by molar-refractivity contribution is 0.909. The number of benzene rings is 5. The Morgan fingerprint density at radius 1 is 0.674 bits per heavy atom. The molecule has 3 aromatic heterocycles. The molecule has 0 atom stereocenters. The molecule has 0 aliphatic rings. The molecule has 4 nitrogen and oxygen atoms in total. The molecule has 0 unspecified atom stereocenters. The van der Waals surface area contributed by atoms with Gasteiger partial charge < -0.3 is 0 Å². The van der Waals surface area contributed by atoms with Crippen molar-refractivity contribution in [3.63, 3.8) is 0 Å². The molecular formula is C38H29N4S+. The molecule has 0 aliphatic carbocycles. The SMILES string of the molecule is [2H]C([2H])([2H])n1[cH+]n(-c2cccc(Sc3ccc4c5ccccc5n(-c5cc(-c6ccccc6C)ccn5)c4c3)c2)c2ccccc21. The van der Waals surface area contributed by atoms with Crippen molar-refractivity contribution in [2.75, 3.05) is 0 Å². The van der Waals surface area contributed by atoms with E-state index in [0.717, 1.165) is 43.4 Å². The molecule has 0 saturated carbocycles. The lowest BCUT2D eigenvalue weighted by atomic mass is 10.0. The number of hydrogen-bond donors (Lipinski definition) is 0. The van der Waals surface area contributed by atoms with Crippen LogP contribution in [0, 0.1) is 6.92 Å². The molecule has 0 amide bonds. The number of fused-ring (bicyclic) bond motifs is 4. The first-order valence-electron chi connectivity index (χ1n) is 15.7. The van der Waals surface area contributed by atoms with E-state index in [9.17, 15) is 0 Å². The van der Waals surface area contributed by atoms with E-state index in [0.29, 0.717) is 5.52 Å². The molecule has 0 fully saturated rings. The van der Waals surface area contributed by atoms with Gasteiger partial charge >= 0.3 is 0 Å². The highest BCUT2D eigenvalue weighted by atomic mass is 32.2. The molecule has 0 radical (unpaired) electrons. The van der Waals surface area contributed by atoms with E-state index >= 15 is 0 Å². The van der Waals surface area contributed by atoms with Gasteiger partial charge in [0.05, 0.1) is 11.0 Å². The number of imidazole rings is 1. The maximum atomic E-state index is 8.04. The Morgan fingerprint density at radius 2 is 1.44 bits per heavy atom. The number of para-hydroxylation sites is 3. The van der Waals surface area contributed by atoms with Crippen LogP contribution in [-0.4, -0.2) is 18.7 Å². The Labute approximate surface area is 258 Å². The van der Waals surface area contributed by atoms with Gasteiger partial charge in [0.25, 0.3) is 0 Å². The van der Waals surface area contributed by atoms with Crippen molar-refractivity contribution in [1.29, 1.82) is 0 Å². The third kappa shape index (κ3) is 4.41. The molecule has 0 aliphatic heterocycles. The van der Waals surface area contributed by atoms with Crippen LogP contribution in [0.3, 0.4) is 0 Å². The van der Waals surface area contributed by atoms with Crippen LogP contribution < -0.4 is 0 Å². The molecule has 8 rings (SSSR count). The van der Waals surface area contributed by atoms with E-state index in [1.165, 1.54) is 26.5 Å². The van der Waals surface area contributed by atoms with Crippen molar-refractivity contribution in [1.82, 2.24) is 18.7 Å². The van der Waals surface area contributed by atoms with Gasteiger partial charge in [-0.1, -0.05) is 60.3 Å². The molecule has 0 bridgehead atoms. The van der Waals surface area contributed by atoms with Gasteiger partial charge in [0.15, 0.2) is 17.4 Å². The first-order valence-corrected chi connectivity index (χ1v) is 15.0. The van der Waals surface area contributed by atoms with E-state index in [1.54, 1.807) is 18.1 Å². The van der Waals surface area contributed by atoms with Gasteiger partial charge in [-0.05, 0) is 78.2 Å². The van der Waals surface area contributed by atoms with Crippen LogP contribution in [0.5, 0.6) is 0 Å². The number of nitrogens with zero attached hydrogens (tertiary/aromatic N) is 4. The van der Waals surface area contributed by atoms with Gasteiger partial charge in [-0.2, -0.15) is 4.57 Å². The Morgan fingerprint density at radius 3 is 2.33 bits per heavy atom. The Hall–Kier alpha value is -5.13. The number of aromatic nitrogens is 4. The highest BCUT2D eigenvalue weighted by Crippen LogP contribution is 2.37. The highest BCUT2D eigenvalue weighted by molar-refractivity contribution is 7.99. The molecule has 5 aromatic carbocycles. The van der Waals surface area contributed by atoms with Gasteiger partial charge in [0.2, 0.25) is 0 Å². The zero-order valence-electron chi connectivity index (χ0n) is 26.5. The van der Waals surface area contributed by atoms with Crippen molar-refractivity contribution in [2.45, 2.75) is 16.7 Å². The van der Waals surface area contributed by atoms with Crippen LogP contribution in [-0.2, 0) is 6.98 Å². The largest absolute Gasteiger partial charge is 0.294 e. The molecule has 0 N–H and O–H groups in total. The summed E-state index contributed by atoms with van der Waals surface area (Å²) in [4.78, 5) is 7.00. The van der Waals surface area contributed by atoms with Crippen molar-refractivity contribution in [3.8, 4) is 22.6 Å². The quantitative estimate of drug-likeness (QED) is 0.191. The fourth-order valence-electron chi connectivity index (χ4n) is 6.02. The van der Waals surface area contributed by atoms with Gasteiger partial charge in [-0.15, -0.1) is 0 Å².